The molecule has 0 aliphatic carbocycles. The fraction of sp³-hybridized carbons (Fsp3) is 0.250. The SMILES string of the molecule is COc1ccc(CO)cc1/N=N\c1cc(CO)ccc1OC. The number of azo groups is 1. The number of methoxy groups -OCH3 is 2. The first-order chi connectivity index (χ1) is 10.7. The van der Waals surface area contributed by atoms with Crippen LogP contribution in [-0.4, -0.2) is 24.4 Å². The second-order valence-corrected chi connectivity index (χ2v) is 4.53. The van der Waals surface area contributed by atoms with Crippen molar-refractivity contribution >= 4 is 11.4 Å². The van der Waals surface area contributed by atoms with Crippen LogP contribution in [-0.2, 0) is 13.2 Å². The first kappa shape index (κ1) is 15.9. The van der Waals surface area contributed by atoms with Crippen molar-refractivity contribution < 1.29 is 19.7 Å². The lowest BCUT2D eigenvalue weighted by atomic mass is 10.2. The summed E-state index contributed by atoms with van der Waals surface area (Å²) >= 11 is 0. The number of benzene rings is 2. The molecule has 0 amide bonds. The van der Waals surface area contributed by atoms with Crippen LogP contribution < -0.4 is 9.47 Å². The van der Waals surface area contributed by atoms with Gasteiger partial charge in [0.25, 0.3) is 0 Å². The standard InChI is InChI=1S/C16H18N2O4/c1-21-15-5-3-11(9-19)7-13(15)17-18-14-8-12(10-20)4-6-16(14)22-2/h3-8,19-20H,9-10H2,1-2H3/b18-17-. The summed E-state index contributed by atoms with van der Waals surface area (Å²) in [6, 6.07) is 10.4. The molecule has 22 heavy (non-hydrogen) atoms. The molecule has 0 saturated carbocycles. The zero-order valence-electron chi connectivity index (χ0n) is 12.5. The van der Waals surface area contributed by atoms with E-state index in [4.69, 9.17) is 9.47 Å². The quantitative estimate of drug-likeness (QED) is 0.803. The van der Waals surface area contributed by atoms with Gasteiger partial charge in [-0.05, 0) is 35.4 Å². The summed E-state index contributed by atoms with van der Waals surface area (Å²) in [5, 5.41) is 26.7. The molecule has 2 aromatic rings. The average molecular weight is 302 g/mol. The summed E-state index contributed by atoms with van der Waals surface area (Å²) in [5.41, 5.74) is 2.44. The first-order valence-electron chi connectivity index (χ1n) is 6.69. The molecule has 0 atom stereocenters. The van der Waals surface area contributed by atoms with E-state index in [0.29, 0.717) is 34.0 Å². The third kappa shape index (κ3) is 3.60. The van der Waals surface area contributed by atoms with E-state index in [9.17, 15) is 10.2 Å². The number of hydrogen-bond donors (Lipinski definition) is 2. The average Bonchev–Trinajstić information content (AvgIpc) is 2.59. The molecule has 0 unspecified atom stereocenters. The van der Waals surface area contributed by atoms with Crippen LogP contribution in [0.3, 0.4) is 0 Å². The van der Waals surface area contributed by atoms with Gasteiger partial charge in [0.15, 0.2) is 0 Å². The fourth-order valence-corrected chi connectivity index (χ4v) is 1.93. The van der Waals surface area contributed by atoms with E-state index in [1.807, 2.05) is 0 Å². The minimum Gasteiger partial charge on any atom is -0.494 e. The molecule has 0 aromatic heterocycles. The topological polar surface area (TPSA) is 83.6 Å². The molecule has 2 rings (SSSR count). The van der Waals surface area contributed by atoms with E-state index in [0.717, 1.165) is 0 Å². The largest absolute Gasteiger partial charge is 0.494 e. The Morgan fingerprint density at radius 1 is 0.773 bits per heavy atom. The van der Waals surface area contributed by atoms with Crippen LogP contribution in [0.2, 0.25) is 0 Å². The molecule has 0 heterocycles. The Kier molecular flexibility index (Phi) is 5.46. The maximum absolute atomic E-state index is 9.20. The van der Waals surface area contributed by atoms with Crippen LogP contribution in [0.4, 0.5) is 11.4 Å². The van der Waals surface area contributed by atoms with Crippen molar-refractivity contribution in [1.82, 2.24) is 0 Å². The van der Waals surface area contributed by atoms with Gasteiger partial charge in [-0.3, -0.25) is 0 Å². The van der Waals surface area contributed by atoms with Crippen molar-refractivity contribution in [2.75, 3.05) is 14.2 Å². The molecule has 0 aliphatic heterocycles. The highest BCUT2D eigenvalue weighted by molar-refractivity contribution is 5.56. The van der Waals surface area contributed by atoms with Crippen molar-refractivity contribution in [3.05, 3.63) is 47.5 Å². The highest BCUT2D eigenvalue weighted by Gasteiger charge is 2.06. The van der Waals surface area contributed by atoms with Gasteiger partial charge < -0.3 is 19.7 Å². The van der Waals surface area contributed by atoms with Gasteiger partial charge in [0, 0.05) is 0 Å². The Labute approximate surface area is 128 Å². The normalized spacial score (nSPS) is 10.9. The Balaban J connectivity index is 2.39. The Morgan fingerprint density at radius 2 is 1.18 bits per heavy atom. The zero-order valence-corrected chi connectivity index (χ0v) is 12.5. The van der Waals surface area contributed by atoms with Crippen LogP contribution in [0, 0.1) is 0 Å². The van der Waals surface area contributed by atoms with E-state index in [-0.39, 0.29) is 13.2 Å². The molecule has 116 valence electrons. The number of nitrogens with zero attached hydrogens (tertiary/aromatic N) is 2. The Hall–Kier alpha value is -2.44. The summed E-state index contributed by atoms with van der Waals surface area (Å²) in [6.45, 7) is -0.175. The van der Waals surface area contributed by atoms with Gasteiger partial charge >= 0.3 is 0 Å². The molecule has 2 N–H and O–H groups in total. The highest BCUT2D eigenvalue weighted by atomic mass is 16.5. The minimum atomic E-state index is -0.0875. The third-order valence-corrected chi connectivity index (χ3v) is 3.12. The van der Waals surface area contributed by atoms with Gasteiger partial charge in [0.2, 0.25) is 0 Å². The van der Waals surface area contributed by atoms with Crippen LogP contribution in [0.5, 0.6) is 11.5 Å². The van der Waals surface area contributed by atoms with Gasteiger partial charge in [-0.25, -0.2) is 0 Å². The number of aliphatic hydroxyl groups excluding tert-OH is 2. The van der Waals surface area contributed by atoms with Crippen molar-refractivity contribution in [2.45, 2.75) is 13.2 Å². The number of hydrogen-bond acceptors (Lipinski definition) is 6. The molecule has 0 fully saturated rings. The van der Waals surface area contributed by atoms with E-state index >= 15 is 0 Å². The second-order valence-electron chi connectivity index (χ2n) is 4.53. The second kappa shape index (κ2) is 7.53. The Morgan fingerprint density at radius 3 is 1.50 bits per heavy atom. The first-order valence-corrected chi connectivity index (χ1v) is 6.69. The van der Waals surface area contributed by atoms with Crippen LogP contribution in [0.15, 0.2) is 46.6 Å². The number of aliphatic hydroxyl groups is 2. The van der Waals surface area contributed by atoms with E-state index in [1.165, 1.54) is 0 Å². The van der Waals surface area contributed by atoms with E-state index in [1.54, 1.807) is 50.6 Å². The fourth-order valence-electron chi connectivity index (χ4n) is 1.93. The highest BCUT2D eigenvalue weighted by Crippen LogP contribution is 2.33. The molecular formula is C16H18N2O4. The van der Waals surface area contributed by atoms with Gasteiger partial charge in [-0.1, -0.05) is 12.1 Å². The molecule has 2 aromatic carbocycles. The lowest BCUT2D eigenvalue weighted by Crippen LogP contribution is -1.88. The van der Waals surface area contributed by atoms with Crippen molar-refractivity contribution in [1.29, 1.82) is 0 Å². The van der Waals surface area contributed by atoms with Crippen molar-refractivity contribution in [3.63, 3.8) is 0 Å². The minimum absolute atomic E-state index is 0.0875. The Bertz CT molecular complexity index is 614. The van der Waals surface area contributed by atoms with Crippen molar-refractivity contribution in [2.24, 2.45) is 10.2 Å². The molecule has 6 heteroatoms. The zero-order chi connectivity index (χ0) is 15.9. The summed E-state index contributed by atoms with van der Waals surface area (Å²) in [5.74, 6) is 1.11. The van der Waals surface area contributed by atoms with E-state index in [2.05, 4.69) is 10.2 Å². The van der Waals surface area contributed by atoms with Crippen LogP contribution >= 0.6 is 0 Å². The number of rotatable bonds is 6. The lowest BCUT2D eigenvalue weighted by molar-refractivity contribution is 0.281. The molecular weight excluding hydrogens is 284 g/mol. The predicted molar refractivity (Wildman–Crippen MR) is 82.0 cm³/mol. The maximum atomic E-state index is 9.20. The van der Waals surface area contributed by atoms with Gasteiger partial charge in [-0.2, -0.15) is 0 Å². The van der Waals surface area contributed by atoms with Gasteiger partial charge in [-0.15, -0.1) is 10.2 Å². The molecule has 0 bridgehead atoms. The molecule has 0 saturated heterocycles. The molecule has 6 nitrogen and oxygen atoms in total. The molecule has 0 aliphatic rings. The summed E-state index contributed by atoms with van der Waals surface area (Å²) < 4.78 is 10.5. The third-order valence-electron chi connectivity index (χ3n) is 3.12. The van der Waals surface area contributed by atoms with Crippen molar-refractivity contribution in [3.8, 4) is 11.5 Å². The molecule has 0 radical (unpaired) electrons. The molecule has 0 spiro atoms. The summed E-state index contributed by atoms with van der Waals surface area (Å²) in [6.07, 6.45) is 0. The number of ether oxygens (including phenoxy) is 2. The van der Waals surface area contributed by atoms with Crippen LogP contribution in [0.1, 0.15) is 11.1 Å². The van der Waals surface area contributed by atoms with Crippen LogP contribution in [0.25, 0.3) is 0 Å². The van der Waals surface area contributed by atoms with E-state index < -0.39 is 0 Å². The van der Waals surface area contributed by atoms with Gasteiger partial charge in [0.05, 0.1) is 27.4 Å². The summed E-state index contributed by atoms with van der Waals surface area (Å²) in [7, 11) is 3.08. The summed E-state index contributed by atoms with van der Waals surface area (Å²) in [4.78, 5) is 0. The maximum Gasteiger partial charge on any atom is 0.146 e. The van der Waals surface area contributed by atoms with Gasteiger partial charge in [0.1, 0.15) is 22.9 Å². The smallest absolute Gasteiger partial charge is 0.146 e. The predicted octanol–water partition coefficient (Wildman–Crippen LogP) is 3.10. The lowest BCUT2D eigenvalue weighted by Gasteiger charge is -2.07. The monoisotopic (exact) mass is 302 g/mol.